The molecule has 4 aliphatic carbocycles. The van der Waals surface area contributed by atoms with E-state index < -0.39 is 41.7 Å². The van der Waals surface area contributed by atoms with Crippen LogP contribution < -0.4 is 0 Å². The van der Waals surface area contributed by atoms with E-state index in [1.807, 2.05) is 0 Å². The molecule has 6 aliphatic rings. The lowest BCUT2D eigenvalue weighted by Crippen LogP contribution is -2.63. The minimum absolute atomic E-state index is 0.0482. The monoisotopic (exact) mass is 548 g/mol. The number of methoxy groups -OCH3 is 1. The standard InChI is InChI=1S/C30H44O9/c1-16-24(33)26(36-3)25(34)27(38-16)39-19-6-10-29(15-31)18(13-19)4-5-22-21(29)7-9-28(2)20(8-11-30(22,28)35)17-12-23(32)37-14-17/h12,15-16,18-22,24-27,33-35H,4-11,13-14H2,1-3H3/t16-,18+,19-,20-,21-,22-,24-,25-,26+,27-,28+,29+,30-/m0/s1. The van der Waals surface area contributed by atoms with E-state index >= 15 is 0 Å². The van der Waals surface area contributed by atoms with Crippen molar-refractivity contribution in [3.8, 4) is 0 Å². The van der Waals surface area contributed by atoms with Crippen LogP contribution >= 0.6 is 0 Å². The van der Waals surface area contributed by atoms with E-state index in [0.29, 0.717) is 32.3 Å². The third-order valence-electron chi connectivity index (χ3n) is 12.1. The molecule has 6 rings (SSSR count). The number of aldehydes is 1. The lowest BCUT2D eigenvalue weighted by Gasteiger charge is -2.63. The Morgan fingerprint density at radius 2 is 1.85 bits per heavy atom. The summed E-state index contributed by atoms with van der Waals surface area (Å²) in [5, 5.41) is 33.4. The molecule has 0 bridgehead atoms. The number of hydrogen-bond donors (Lipinski definition) is 3. The fourth-order valence-electron chi connectivity index (χ4n) is 10.00. The van der Waals surface area contributed by atoms with E-state index in [-0.39, 0.29) is 41.2 Å². The Morgan fingerprint density at radius 1 is 1.05 bits per heavy atom. The number of carbonyl (C=O) groups excluding carboxylic acids is 2. The summed E-state index contributed by atoms with van der Waals surface area (Å²) in [4.78, 5) is 24.8. The van der Waals surface area contributed by atoms with Crippen LogP contribution in [0.4, 0.5) is 0 Å². The van der Waals surface area contributed by atoms with Gasteiger partial charge in [0.2, 0.25) is 0 Å². The third kappa shape index (κ3) is 4.02. The topological polar surface area (TPSA) is 132 Å². The number of aliphatic hydroxyl groups excluding tert-OH is 2. The highest BCUT2D eigenvalue weighted by atomic mass is 16.7. The van der Waals surface area contributed by atoms with Crippen molar-refractivity contribution < 1.29 is 43.9 Å². The molecule has 0 radical (unpaired) electrons. The van der Waals surface area contributed by atoms with Gasteiger partial charge >= 0.3 is 5.97 Å². The van der Waals surface area contributed by atoms with Crippen LogP contribution in [0.15, 0.2) is 11.6 Å². The van der Waals surface area contributed by atoms with Gasteiger partial charge in [0, 0.05) is 24.0 Å². The fourth-order valence-corrected chi connectivity index (χ4v) is 10.00. The van der Waals surface area contributed by atoms with E-state index in [1.165, 1.54) is 13.4 Å². The number of rotatable bonds is 5. The first kappa shape index (κ1) is 27.8. The Labute approximate surface area is 230 Å². The molecule has 9 heteroatoms. The highest BCUT2D eigenvalue weighted by molar-refractivity contribution is 5.85. The van der Waals surface area contributed by atoms with Crippen LogP contribution in [0.1, 0.15) is 71.6 Å². The smallest absolute Gasteiger partial charge is 0.331 e. The zero-order valence-corrected chi connectivity index (χ0v) is 23.3. The molecule has 9 nitrogen and oxygen atoms in total. The molecule has 13 atom stereocenters. The lowest BCUT2D eigenvalue weighted by molar-refractivity contribution is -0.312. The number of aliphatic hydroxyl groups is 3. The van der Waals surface area contributed by atoms with Gasteiger partial charge in [0.25, 0.3) is 0 Å². The molecule has 2 aliphatic heterocycles. The zero-order valence-electron chi connectivity index (χ0n) is 23.3. The number of fused-ring (bicyclic) bond motifs is 5. The molecule has 0 aromatic heterocycles. The van der Waals surface area contributed by atoms with Gasteiger partial charge in [0.15, 0.2) is 6.29 Å². The molecule has 0 spiro atoms. The van der Waals surface area contributed by atoms with Crippen molar-refractivity contribution in [1.29, 1.82) is 0 Å². The highest BCUT2D eigenvalue weighted by Crippen LogP contribution is 2.69. The second-order valence-corrected chi connectivity index (χ2v) is 13.4. The van der Waals surface area contributed by atoms with Crippen LogP contribution in [0, 0.1) is 34.5 Å². The zero-order chi connectivity index (χ0) is 27.7. The Morgan fingerprint density at radius 3 is 2.54 bits per heavy atom. The van der Waals surface area contributed by atoms with Gasteiger partial charge < -0.3 is 39.1 Å². The predicted octanol–water partition coefficient (Wildman–Crippen LogP) is 2.29. The maximum Gasteiger partial charge on any atom is 0.331 e. The Hall–Kier alpha value is -1.36. The fraction of sp³-hybridized carbons (Fsp3) is 0.867. The predicted molar refractivity (Wildman–Crippen MR) is 138 cm³/mol. The number of cyclic esters (lactones) is 1. The summed E-state index contributed by atoms with van der Waals surface area (Å²) in [5.41, 5.74) is -0.682. The molecule has 39 heavy (non-hydrogen) atoms. The van der Waals surface area contributed by atoms with Crippen molar-refractivity contribution in [2.24, 2.45) is 34.5 Å². The Kier molecular flexibility index (Phi) is 7.04. The van der Waals surface area contributed by atoms with Crippen molar-refractivity contribution in [3.05, 3.63) is 11.6 Å². The molecule has 0 aromatic rings. The average Bonchev–Trinajstić information content (AvgIpc) is 3.47. The van der Waals surface area contributed by atoms with Gasteiger partial charge in [-0.15, -0.1) is 0 Å². The summed E-state index contributed by atoms with van der Waals surface area (Å²) in [5.74, 6) is 0.152. The number of esters is 1. The van der Waals surface area contributed by atoms with E-state index in [9.17, 15) is 24.9 Å². The van der Waals surface area contributed by atoms with Crippen LogP contribution in [-0.2, 0) is 28.5 Å². The first-order valence-electron chi connectivity index (χ1n) is 14.8. The largest absolute Gasteiger partial charge is 0.458 e. The van der Waals surface area contributed by atoms with Gasteiger partial charge in [-0.2, -0.15) is 0 Å². The van der Waals surface area contributed by atoms with Gasteiger partial charge in [-0.3, -0.25) is 0 Å². The number of ether oxygens (including phenoxy) is 4. The maximum atomic E-state index is 13.0. The molecule has 3 N–H and O–H groups in total. The van der Waals surface area contributed by atoms with E-state index in [0.717, 1.165) is 37.7 Å². The summed E-state index contributed by atoms with van der Waals surface area (Å²) in [6, 6.07) is 0. The van der Waals surface area contributed by atoms with Gasteiger partial charge in [-0.25, -0.2) is 4.79 Å². The van der Waals surface area contributed by atoms with Crippen molar-refractivity contribution in [2.75, 3.05) is 13.7 Å². The maximum absolute atomic E-state index is 13.0. The van der Waals surface area contributed by atoms with Crippen LogP contribution in [-0.4, -0.2) is 83.7 Å². The Bertz CT molecular complexity index is 1010. The summed E-state index contributed by atoms with van der Waals surface area (Å²) in [7, 11) is 1.46. The van der Waals surface area contributed by atoms with E-state index in [1.54, 1.807) is 13.0 Å². The minimum atomic E-state index is -1.11. The van der Waals surface area contributed by atoms with Crippen molar-refractivity contribution in [1.82, 2.24) is 0 Å². The molecule has 4 saturated carbocycles. The van der Waals surface area contributed by atoms with Crippen molar-refractivity contribution >= 4 is 12.3 Å². The summed E-state index contributed by atoms with van der Waals surface area (Å²) < 4.78 is 22.6. The highest BCUT2D eigenvalue weighted by Gasteiger charge is 2.68. The minimum Gasteiger partial charge on any atom is -0.458 e. The second-order valence-electron chi connectivity index (χ2n) is 13.4. The quantitative estimate of drug-likeness (QED) is 0.269. The van der Waals surface area contributed by atoms with Crippen LogP contribution in [0.25, 0.3) is 0 Å². The Balaban J connectivity index is 1.18. The average molecular weight is 549 g/mol. The molecular formula is C30H44O9. The second kappa shape index (κ2) is 9.88. The first-order valence-corrected chi connectivity index (χ1v) is 14.8. The molecule has 0 aromatic carbocycles. The van der Waals surface area contributed by atoms with Crippen molar-refractivity contribution in [2.45, 2.75) is 114 Å². The molecule has 218 valence electrons. The van der Waals surface area contributed by atoms with E-state index in [2.05, 4.69) is 6.92 Å². The van der Waals surface area contributed by atoms with Crippen LogP contribution in [0.2, 0.25) is 0 Å². The molecule has 5 fully saturated rings. The summed E-state index contributed by atoms with van der Waals surface area (Å²) >= 11 is 0. The van der Waals surface area contributed by atoms with Gasteiger partial charge in [0.05, 0.1) is 17.8 Å². The molecule has 1 saturated heterocycles. The SMILES string of the molecule is CO[C@H]1[C@H](O)[C@H](O[C@H]2CC[C@@]3(C=O)[C@H](CC[C@H]4[C@@H]3CC[C@]3(C)[C@H](C5=CC(=O)OC5)CC[C@]43O)C2)O[C@@H](C)[C@@H]1O. The van der Waals surface area contributed by atoms with Crippen LogP contribution in [0.3, 0.4) is 0 Å². The normalized spacial score (nSPS) is 53.3. The summed E-state index contributed by atoms with van der Waals surface area (Å²) in [6.45, 7) is 4.25. The molecular weight excluding hydrogens is 504 g/mol. The van der Waals surface area contributed by atoms with Gasteiger partial charge in [-0.1, -0.05) is 6.92 Å². The van der Waals surface area contributed by atoms with Crippen LogP contribution in [0.5, 0.6) is 0 Å². The third-order valence-corrected chi connectivity index (χ3v) is 12.1. The summed E-state index contributed by atoms with van der Waals surface area (Å²) in [6.07, 6.45) is 5.39. The van der Waals surface area contributed by atoms with Gasteiger partial charge in [-0.05, 0) is 94.0 Å². The molecule has 0 amide bonds. The number of carbonyl (C=O) groups is 2. The van der Waals surface area contributed by atoms with Gasteiger partial charge in [0.1, 0.15) is 31.2 Å². The van der Waals surface area contributed by atoms with E-state index in [4.69, 9.17) is 18.9 Å². The first-order chi connectivity index (χ1) is 18.6. The molecule has 2 heterocycles. The lowest BCUT2D eigenvalue weighted by atomic mass is 9.43. The van der Waals surface area contributed by atoms with Crippen molar-refractivity contribution in [3.63, 3.8) is 0 Å². The number of hydrogen-bond acceptors (Lipinski definition) is 9. The molecule has 0 unspecified atom stereocenters.